The number of hydrogen-bond donors (Lipinski definition) is 0. The Balaban J connectivity index is 1.36. The second kappa shape index (κ2) is 12.5. The van der Waals surface area contributed by atoms with Gasteiger partial charge in [-0.25, -0.2) is 8.78 Å². The smallest absolute Gasteiger partial charge is 0.318 e. The molecule has 2 fully saturated rings. The number of nitrogens with zero attached hydrogens (tertiary/aromatic N) is 7. The fraction of sp³-hybridized carbons (Fsp3) is 0.438. The summed E-state index contributed by atoms with van der Waals surface area (Å²) in [6, 6.07) is 14.3. The van der Waals surface area contributed by atoms with Crippen LogP contribution >= 0.6 is 11.6 Å². The molecule has 0 N–H and O–H groups in total. The minimum Gasteiger partial charge on any atom is -0.462 e. The SMILES string of the molecule is C=C(F)C(=O)N1CCN(c2nc(OC[C@@H]3C[C@@H](F)CN3C)nc3c2CCN(c2cccc4cccc(Cl)c24)C3)C[C@@]1([SiH3])CC#N. The number of nitriles is 1. The number of likely N-dealkylation sites (N-methyl/N-ethyl adjacent to an activating group) is 1. The van der Waals surface area contributed by atoms with Crippen molar-refractivity contribution in [2.24, 2.45) is 0 Å². The van der Waals surface area contributed by atoms with Crippen molar-refractivity contribution in [2.75, 3.05) is 56.2 Å². The summed E-state index contributed by atoms with van der Waals surface area (Å²) in [4.78, 5) is 30.2. The molecule has 236 valence electrons. The predicted octanol–water partition coefficient (Wildman–Crippen LogP) is 3.37. The van der Waals surface area contributed by atoms with Crippen molar-refractivity contribution in [3.63, 3.8) is 0 Å². The number of amides is 1. The topological polar surface area (TPSA) is 88.8 Å². The molecule has 3 atom stereocenters. The Bertz CT molecular complexity index is 1680. The van der Waals surface area contributed by atoms with Gasteiger partial charge < -0.3 is 19.4 Å². The second-order valence-corrected chi connectivity index (χ2v) is 14.7. The van der Waals surface area contributed by atoms with Crippen LogP contribution in [0.25, 0.3) is 10.8 Å². The first-order valence-corrected chi connectivity index (χ1v) is 16.5. The first-order valence-electron chi connectivity index (χ1n) is 15.2. The quantitative estimate of drug-likeness (QED) is 0.284. The Morgan fingerprint density at radius 3 is 2.71 bits per heavy atom. The van der Waals surface area contributed by atoms with Crippen LogP contribution < -0.4 is 14.5 Å². The minimum atomic E-state index is -1.03. The van der Waals surface area contributed by atoms with E-state index >= 15 is 0 Å². The van der Waals surface area contributed by atoms with Gasteiger partial charge in [0.2, 0.25) is 0 Å². The number of rotatable bonds is 7. The van der Waals surface area contributed by atoms with Gasteiger partial charge in [0, 0.05) is 65.6 Å². The van der Waals surface area contributed by atoms with Gasteiger partial charge in [-0.05, 0) is 37.4 Å². The van der Waals surface area contributed by atoms with E-state index in [1.54, 1.807) is 0 Å². The molecule has 0 spiro atoms. The predicted molar refractivity (Wildman–Crippen MR) is 174 cm³/mol. The number of ether oxygens (including phenoxy) is 1. The van der Waals surface area contributed by atoms with E-state index in [4.69, 9.17) is 26.3 Å². The van der Waals surface area contributed by atoms with Crippen molar-refractivity contribution < 1.29 is 18.3 Å². The van der Waals surface area contributed by atoms with Crippen LogP contribution in [-0.4, -0.2) is 99.7 Å². The number of halogens is 3. The van der Waals surface area contributed by atoms with Crippen LogP contribution in [0.5, 0.6) is 6.01 Å². The van der Waals surface area contributed by atoms with Gasteiger partial charge in [-0.15, -0.1) is 0 Å². The first kappa shape index (κ1) is 31.2. The molecule has 0 radical (unpaired) electrons. The van der Waals surface area contributed by atoms with Crippen LogP contribution in [0.2, 0.25) is 5.02 Å². The molecule has 6 rings (SSSR count). The van der Waals surface area contributed by atoms with Crippen LogP contribution in [0.15, 0.2) is 48.8 Å². The van der Waals surface area contributed by atoms with Gasteiger partial charge in [-0.3, -0.25) is 9.69 Å². The van der Waals surface area contributed by atoms with Crippen LogP contribution in [0.1, 0.15) is 24.1 Å². The highest BCUT2D eigenvalue weighted by Gasteiger charge is 2.42. The van der Waals surface area contributed by atoms with Crippen LogP contribution in [0.4, 0.5) is 20.3 Å². The number of anilines is 2. The van der Waals surface area contributed by atoms with Crippen LogP contribution in [-0.2, 0) is 17.8 Å². The average Bonchev–Trinajstić information content (AvgIpc) is 3.34. The maximum absolute atomic E-state index is 14.1. The third-order valence-electron chi connectivity index (χ3n) is 9.25. The Labute approximate surface area is 269 Å². The summed E-state index contributed by atoms with van der Waals surface area (Å²) >= 11 is 6.68. The molecule has 4 heterocycles. The Morgan fingerprint density at radius 2 is 2.00 bits per heavy atom. The molecule has 0 bridgehead atoms. The van der Waals surface area contributed by atoms with Crippen LogP contribution in [0.3, 0.4) is 0 Å². The number of fused-ring (bicyclic) bond motifs is 2. The Kier molecular flexibility index (Phi) is 8.69. The number of benzene rings is 2. The Morgan fingerprint density at radius 1 is 1.22 bits per heavy atom. The standard InChI is InChI=1S/C32H36ClF2N7O2Si/c1-20(34)30(43)42-14-13-41(19-32(42,45)10-11-36)29-24-9-12-40(27-8-4-6-21-5-3-7-25(33)28(21)27)17-26(24)37-31(38-29)44-18-23-15-22(35)16-39(23)2/h3-8,22-23H,1,9-10,12-19H2,2,45H3/t22-,23+,32+/m1/s1. The maximum atomic E-state index is 14.1. The van der Waals surface area contributed by atoms with E-state index in [1.165, 1.54) is 4.90 Å². The molecule has 45 heavy (non-hydrogen) atoms. The molecule has 2 saturated heterocycles. The molecule has 1 amide bonds. The summed E-state index contributed by atoms with van der Waals surface area (Å²) < 4.78 is 34.2. The molecule has 3 aliphatic rings. The zero-order valence-corrected chi connectivity index (χ0v) is 28.2. The van der Waals surface area contributed by atoms with Crippen molar-refractivity contribution in [1.29, 1.82) is 5.26 Å². The normalized spacial score (nSPS) is 23.7. The van der Waals surface area contributed by atoms with E-state index in [2.05, 4.69) is 28.5 Å². The van der Waals surface area contributed by atoms with Crippen molar-refractivity contribution in [2.45, 2.75) is 43.2 Å². The summed E-state index contributed by atoms with van der Waals surface area (Å²) in [6.07, 6.45) is 0.204. The highest BCUT2D eigenvalue weighted by molar-refractivity contribution is 6.36. The van der Waals surface area contributed by atoms with Gasteiger partial charge in [0.05, 0.1) is 34.9 Å². The number of alkyl halides is 1. The molecule has 0 saturated carbocycles. The summed E-state index contributed by atoms with van der Waals surface area (Å²) in [5.74, 6) is -1.11. The molecule has 3 aromatic rings. The zero-order valence-electron chi connectivity index (χ0n) is 25.5. The lowest BCUT2D eigenvalue weighted by atomic mass is 10.0. The number of hydrogen-bond acceptors (Lipinski definition) is 8. The van der Waals surface area contributed by atoms with Crippen LogP contribution in [0, 0.1) is 11.3 Å². The highest BCUT2D eigenvalue weighted by Crippen LogP contribution is 2.38. The fourth-order valence-electron chi connectivity index (χ4n) is 6.90. The van der Waals surface area contributed by atoms with Gasteiger partial charge in [-0.1, -0.05) is 42.4 Å². The summed E-state index contributed by atoms with van der Waals surface area (Å²) in [7, 11) is 2.32. The largest absolute Gasteiger partial charge is 0.462 e. The average molecular weight is 652 g/mol. The molecular formula is C32H36ClF2N7O2Si. The van der Waals surface area contributed by atoms with Gasteiger partial charge in [0.1, 0.15) is 18.6 Å². The Hall–Kier alpha value is -3.79. The second-order valence-electron chi connectivity index (χ2n) is 12.4. The van der Waals surface area contributed by atoms with Gasteiger partial charge in [0.25, 0.3) is 5.91 Å². The summed E-state index contributed by atoms with van der Waals surface area (Å²) in [5, 5.41) is 11.5. The van der Waals surface area contributed by atoms with E-state index < -0.39 is 23.1 Å². The van der Waals surface area contributed by atoms with Crippen molar-refractivity contribution in [1.82, 2.24) is 19.8 Å². The third-order valence-corrected chi connectivity index (χ3v) is 10.8. The van der Waals surface area contributed by atoms with Crippen molar-refractivity contribution in [3.05, 3.63) is 65.1 Å². The summed E-state index contributed by atoms with van der Waals surface area (Å²) in [5.41, 5.74) is 2.80. The van der Waals surface area contributed by atoms with E-state index in [0.29, 0.717) is 66.6 Å². The number of carbonyl (C=O) groups is 1. The van der Waals surface area contributed by atoms with Crippen molar-refractivity contribution >= 4 is 50.0 Å². The van der Waals surface area contributed by atoms with Gasteiger partial charge in [-0.2, -0.15) is 15.2 Å². The number of piperazine rings is 1. The van der Waals surface area contributed by atoms with Gasteiger partial charge in [0.15, 0.2) is 5.83 Å². The highest BCUT2D eigenvalue weighted by atomic mass is 35.5. The molecule has 0 unspecified atom stereocenters. The number of likely N-dealkylation sites (tertiary alicyclic amines) is 1. The van der Waals surface area contributed by atoms with Gasteiger partial charge >= 0.3 is 6.01 Å². The molecule has 0 aliphatic carbocycles. The zero-order chi connectivity index (χ0) is 31.9. The third kappa shape index (κ3) is 6.09. The molecule has 2 aromatic carbocycles. The lowest BCUT2D eigenvalue weighted by Crippen LogP contribution is -2.65. The lowest BCUT2D eigenvalue weighted by molar-refractivity contribution is -0.132. The van der Waals surface area contributed by atoms with E-state index in [0.717, 1.165) is 27.7 Å². The van der Waals surface area contributed by atoms with E-state index in [-0.39, 0.29) is 31.6 Å². The lowest BCUT2D eigenvalue weighted by Gasteiger charge is -2.49. The maximum Gasteiger partial charge on any atom is 0.318 e. The number of aromatic nitrogens is 2. The molecule has 13 heteroatoms. The first-order chi connectivity index (χ1) is 21.6. The summed E-state index contributed by atoms with van der Waals surface area (Å²) in [6.45, 7) is 5.96. The minimum absolute atomic E-state index is 0.0689. The molecule has 1 aromatic heterocycles. The molecular weight excluding hydrogens is 616 g/mol. The molecule has 9 nitrogen and oxygen atoms in total. The van der Waals surface area contributed by atoms with E-state index in [9.17, 15) is 18.8 Å². The monoisotopic (exact) mass is 651 g/mol. The fourth-order valence-corrected chi connectivity index (χ4v) is 8.14. The van der Waals surface area contributed by atoms with E-state index in [1.807, 2.05) is 42.3 Å². The molecule has 3 aliphatic heterocycles. The van der Waals surface area contributed by atoms with Crippen molar-refractivity contribution in [3.8, 4) is 12.1 Å². The number of carbonyl (C=O) groups excluding carboxylic acids is 1.